The molecule has 7 heteroatoms. The third-order valence-electron chi connectivity index (χ3n) is 6.17. The van der Waals surface area contributed by atoms with Gasteiger partial charge in [-0.15, -0.1) is 0 Å². The van der Waals surface area contributed by atoms with Gasteiger partial charge in [0.05, 0.1) is 13.2 Å². The molecule has 3 heterocycles. The molecule has 0 amide bonds. The summed E-state index contributed by atoms with van der Waals surface area (Å²) in [6, 6.07) is 1.19. The number of nitrogens with zero attached hydrogens (tertiary/aromatic N) is 3. The number of piperidine rings is 1. The summed E-state index contributed by atoms with van der Waals surface area (Å²) in [5.74, 6) is 3.44. The molecule has 3 aliphatic rings. The molecule has 0 aromatic carbocycles. The number of likely N-dealkylation sites (tertiary alicyclic amines) is 1. The third kappa shape index (κ3) is 5.06. The first kappa shape index (κ1) is 20.2. The van der Waals surface area contributed by atoms with E-state index in [1.807, 2.05) is 7.05 Å². The van der Waals surface area contributed by atoms with Gasteiger partial charge in [0.1, 0.15) is 0 Å². The van der Waals surface area contributed by atoms with Crippen molar-refractivity contribution < 1.29 is 4.74 Å². The van der Waals surface area contributed by atoms with Gasteiger partial charge in [-0.25, -0.2) is 0 Å². The molecule has 0 saturated carbocycles. The number of guanidine groups is 1. The fourth-order valence-corrected chi connectivity index (χ4v) is 5.81. The lowest BCUT2D eigenvalue weighted by Gasteiger charge is -2.43. The lowest BCUT2D eigenvalue weighted by Crippen LogP contribution is -2.60. The average Bonchev–Trinajstić information content (AvgIpc) is 3.16. The van der Waals surface area contributed by atoms with E-state index in [0.717, 1.165) is 38.8 Å². The number of ether oxygens (including phenoxy) is 1. The maximum Gasteiger partial charge on any atom is 0.191 e. The Labute approximate surface area is 163 Å². The van der Waals surface area contributed by atoms with Gasteiger partial charge in [0.25, 0.3) is 0 Å². The molecule has 0 spiro atoms. The molecular weight excluding hydrogens is 346 g/mol. The van der Waals surface area contributed by atoms with Crippen molar-refractivity contribution >= 4 is 17.7 Å². The molecule has 6 nitrogen and oxygen atoms in total. The van der Waals surface area contributed by atoms with Crippen LogP contribution in [0.3, 0.4) is 0 Å². The summed E-state index contributed by atoms with van der Waals surface area (Å²) in [5.41, 5.74) is 0.257. The molecule has 3 aliphatic heterocycles. The van der Waals surface area contributed by atoms with Crippen molar-refractivity contribution in [3.63, 3.8) is 0 Å². The van der Waals surface area contributed by atoms with Gasteiger partial charge in [0.2, 0.25) is 0 Å². The van der Waals surface area contributed by atoms with Crippen LogP contribution in [0.25, 0.3) is 0 Å². The monoisotopic (exact) mass is 383 g/mol. The van der Waals surface area contributed by atoms with E-state index < -0.39 is 0 Å². The Bertz CT molecular complexity index is 453. The van der Waals surface area contributed by atoms with Crippen molar-refractivity contribution in [3.05, 3.63) is 0 Å². The van der Waals surface area contributed by atoms with E-state index in [-0.39, 0.29) is 5.54 Å². The van der Waals surface area contributed by atoms with E-state index in [9.17, 15) is 0 Å². The van der Waals surface area contributed by atoms with Crippen molar-refractivity contribution in [3.8, 4) is 0 Å². The van der Waals surface area contributed by atoms with Crippen LogP contribution in [0.4, 0.5) is 0 Å². The van der Waals surface area contributed by atoms with Crippen LogP contribution in [-0.2, 0) is 4.74 Å². The fraction of sp³-hybridized carbons (Fsp3) is 0.947. The SMILES string of the molecule is CN=C(NCC1(N2CCOCC2)CCSC1)NC1CCN(C(C)C)CC1. The van der Waals surface area contributed by atoms with Crippen molar-refractivity contribution in [1.29, 1.82) is 0 Å². The minimum atomic E-state index is 0.257. The maximum absolute atomic E-state index is 5.57. The standard InChI is InChI=1S/C19H37N5OS/c1-16(2)23-7-4-17(5-8-23)22-18(20-3)21-14-19(6-13-26-15-19)24-9-11-25-12-10-24/h16-17H,4-15H2,1-3H3,(H2,20,21,22). The van der Waals surface area contributed by atoms with Gasteiger partial charge in [-0.2, -0.15) is 11.8 Å². The lowest BCUT2D eigenvalue weighted by atomic mass is 9.95. The zero-order chi connectivity index (χ0) is 18.4. The average molecular weight is 384 g/mol. The second-order valence-electron chi connectivity index (χ2n) is 8.10. The first-order valence-corrected chi connectivity index (χ1v) is 11.4. The number of rotatable bonds is 5. The summed E-state index contributed by atoms with van der Waals surface area (Å²) in [6.07, 6.45) is 3.65. The van der Waals surface area contributed by atoms with Gasteiger partial charge in [0, 0.05) is 63.1 Å². The van der Waals surface area contributed by atoms with Crippen LogP contribution in [-0.4, -0.2) is 97.9 Å². The highest BCUT2D eigenvalue weighted by atomic mass is 32.2. The molecule has 3 saturated heterocycles. The zero-order valence-electron chi connectivity index (χ0n) is 16.8. The minimum absolute atomic E-state index is 0.257. The normalized spacial score (nSPS) is 30.1. The maximum atomic E-state index is 5.57. The predicted molar refractivity (Wildman–Crippen MR) is 111 cm³/mol. The molecule has 0 aliphatic carbocycles. The molecule has 150 valence electrons. The first-order chi connectivity index (χ1) is 12.6. The van der Waals surface area contributed by atoms with Crippen LogP contribution in [0.2, 0.25) is 0 Å². The predicted octanol–water partition coefficient (Wildman–Crippen LogP) is 1.23. The van der Waals surface area contributed by atoms with Gasteiger partial charge in [-0.1, -0.05) is 0 Å². The van der Waals surface area contributed by atoms with Gasteiger partial charge >= 0.3 is 0 Å². The highest BCUT2D eigenvalue weighted by Gasteiger charge is 2.40. The molecule has 26 heavy (non-hydrogen) atoms. The lowest BCUT2D eigenvalue weighted by molar-refractivity contribution is -0.0120. The van der Waals surface area contributed by atoms with Crippen LogP contribution < -0.4 is 10.6 Å². The Balaban J connectivity index is 1.50. The quantitative estimate of drug-likeness (QED) is 0.550. The van der Waals surface area contributed by atoms with E-state index in [2.05, 4.69) is 51.0 Å². The van der Waals surface area contributed by atoms with Crippen LogP contribution >= 0.6 is 11.8 Å². The van der Waals surface area contributed by atoms with Crippen molar-refractivity contribution in [2.45, 2.75) is 50.7 Å². The third-order valence-corrected chi connectivity index (χ3v) is 7.41. The molecule has 3 rings (SSSR count). The summed E-state index contributed by atoms with van der Waals surface area (Å²) in [7, 11) is 1.89. The Morgan fingerprint density at radius 3 is 2.54 bits per heavy atom. The molecule has 1 atom stereocenters. The summed E-state index contributed by atoms with van der Waals surface area (Å²) in [4.78, 5) is 9.72. The molecule has 3 fully saturated rings. The van der Waals surface area contributed by atoms with E-state index in [1.165, 1.54) is 43.9 Å². The van der Waals surface area contributed by atoms with Crippen molar-refractivity contribution in [1.82, 2.24) is 20.4 Å². The summed E-state index contributed by atoms with van der Waals surface area (Å²) in [5, 5.41) is 7.33. The van der Waals surface area contributed by atoms with Crippen LogP contribution in [0.15, 0.2) is 4.99 Å². The molecule has 2 N–H and O–H groups in total. The van der Waals surface area contributed by atoms with Crippen molar-refractivity contribution in [2.75, 3.05) is 64.5 Å². The van der Waals surface area contributed by atoms with E-state index in [4.69, 9.17) is 4.74 Å². The fourth-order valence-electron chi connectivity index (χ4n) is 4.33. The van der Waals surface area contributed by atoms with Gasteiger partial charge in [0.15, 0.2) is 5.96 Å². The highest BCUT2D eigenvalue weighted by molar-refractivity contribution is 7.99. The summed E-state index contributed by atoms with van der Waals surface area (Å²) in [6.45, 7) is 11.8. The van der Waals surface area contributed by atoms with Gasteiger partial charge in [-0.3, -0.25) is 9.89 Å². The van der Waals surface area contributed by atoms with Crippen LogP contribution in [0.1, 0.15) is 33.1 Å². The van der Waals surface area contributed by atoms with Gasteiger partial charge < -0.3 is 20.3 Å². The molecule has 0 aromatic heterocycles. The van der Waals surface area contributed by atoms with Crippen LogP contribution in [0.5, 0.6) is 0 Å². The van der Waals surface area contributed by atoms with E-state index in [0.29, 0.717) is 12.1 Å². The number of nitrogens with one attached hydrogen (secondary N) is 2. The molecule has 0 aromatic rings. The second-order valence-corrected chi connectivity index (χ2v) is 9.21. The van der Waals surface area contributed by atoms with E-state index in [1.54, 1.807) is 0 Å². The van der Waals surface area contributed by atoms with Crippen LogP contribution in [0, 0.1) is 0 Å². The first-order valence-electron chi connectivity index (χ1n) is 10.2. The number of thioether (sulfide) groups is 1. The minimum Gasteiger partial charge on any atom is -0.379 e. The number of hydrogen-bond donors (Lipinski definition) is 2. The Hall–Kier alpha value is -0.500. The Kier molecular flexibility index (Phi) is 7.49. The van der Waals surface area contributed by atoms with Crippen molar-refractivity contribution in [2.24, 2.45) is 4.99 Å². The number of aliphatic imine (C=N–C) groups is 1. The smallest absolute Gasteiger partial charge is 0.191 e. The van der Waals surface area contributed by atoms with E-state index >= 15 is 0 Å². The zero-order valence-corrected chi connectivity index (χ0v) is 17.6. The Morgan fingerprint density at radius 1 is 1.23 bits per heavy atom. The largest absolute Gasteiger partial charge is 0.379 e. The highest BCUT2D eigenvalue weighted by Crippen LogP contribution is 2.33. The second kappa shape index (κ2) is 9.62. The molecule has 0 bridgehead atoms. The van der Waals surface area contributed by atoms with Gasteiger partial charge in [-0.05, 0) is 38.9 Å². The summed E-state index contributed by atoms with van der Waals surface area (Å²) >= 11 is 2.08. The number of morpholine rings is 1. The topological polar surface area (TPSA) is 52.1 Å². The molecular formula is C19H37N5OS. The number of hydrogen-bond acceptors (Lipinski definition) is 5. The molecule has 1 unspecified atom stereocenters. The molecule has 0 radical (unpaired) electrons. The summed E-state index contributed by atoms with van der Waals surface area (Å²) < 4.78 is 5.57. The Morgan fingerprint density at radius 2 is 1.96 bits per heavy atom.